The Bertz CT molecular complexity index is 341. The van der Waals surface area contributed by atoms with Crippen LogP contribution in [0.3, 0.4) is 0 Å². The summed E-state index contributed by atoms with van der Waals surface area (Å²) < 4.78 is 0. The van der Waals surface area contributed by atoms with Crippen LogP contribution in [-0.2, 0) is 5.75 Å². The Labute approximate surface area is 94.2 Å². The van der Waals surface area contributed by atoms with Crippen LogP contribution in [0.5, 0.6) is 0 Å². The van der Waals surface area contributed by atoms with Crippen LogP contribution in [0, 0.1) is 5.41 Å². The van der Waals surface area contributed by atoms with Gasteiger partial charge in [0.1, 0.15) is 5.84 Å². The predicted molar refractivity (Wildman–Crippen MR) is 65.3 cm³/mol. The van der Waals surface area contributed by atoms with Gasteiger partial charge >= 0.3 is 0 Å². The van der Waals surface area contributed by atoms with Crippen LogP contribution in [0.1, 0.15) is 18.1 Å². The zero-order valence-corrected chi connectivity index (χ0v) is 9.55. The summed E-state index contributed by atoms with van der Waals surface area (Å²) in [5.74, 6) is 0.875. The quantitative estimate of drug-likeness (QED) is 0.525. The van der Waals surface area contributed by atoms with Crippen molar-refractivity contribution < 1.29 is 5.11 Å². The first-order valence-corrected chi connectivity index (χ1v) is 5.84. The second-order valence-electron chi connectivity index (χ2n) is 3.38. The van der Waals surface area contributed by atoms with Crippen molar-refractivity contribution in [3.63, 3.8) is 0 Å². The number of hydrogen-bond donors (Lipinski definition) is 3. The van der Waals surface area contributed by atoms with E-state index in [-0.39, 0.29) is 17.7 Å². The molecule has 0 heterocycles. The van der Waals surface area contributed by atoms with E-state index in [0.717, 1.165) is 16.9 Å². The Morgan fingerprint density at radius 3 is 2.80 bits per heavy atom. The van der Waals surface area contributed by atoms with Crippen LogP contribution < -0.4 is 5.73 Å². The highest BCUT2D eigenvalue weighted by Gasteiger charge is 2.06. The molecule has 4 heteroatoms. The summed E-state index contributed by atoms with van der Waals surface area (Å²) in [6.07, 6.45) is 0. The lowest BCUT2D eigenvalue weighted by molar-refractivity contribution is 0.300. The largest absolute Gasteiger partial charge is 0.395 e. The van der Waals surface area contributed by atoms with Gasteiger partial charge in [-0.25, -0.2) is 0 Å². The van der Waals surface area contributed by atoms with Gasteiger partial charge in [0.05, 0.1) is 6.61 Å². The lowest BCUT2D eigenvalue weighted by atomic mass is 10.1. The molecular weight excluding hydrogens is 208 g/mol. The summed E-state index contributed by atoms with van der Waals surface area (Å²) in [6, 6.07) is 7.63. The molecule has 0 saturated heterocycles. The zero-order chi connectivity index (χ0) is 11.3. The third-order valence-corrected chi connectivity index (χ3v) is 3.28. The second-order valence-corrected chi connectivity index (χ2v) is 4.80. The van der Waals surface area contributed by atoms with Crippen LogP contribution in [0.25, 0.3) is 0 Å². The van der Waals surface area contributed by atoms with E-state index in [1.54, 1.807) is 11.8 Å². The fraction of sp³-hybridized carbons (Fsp3) is 0.364. The molecule has 0 aromatic heterocycles. The highest BCUT2D eigenvalue weighted by Crippen LogP contribution is 2.19. The molecule has 1 rings (SSSR count). The fourth-order valence-corrected chi connectivity index (χ4v) is 2.01. The number of aliphatic hydroxyl groups excluding tert-OH is 1. The molecular formula is C11H16N2OS. The molecule has 4 N–H and O–H groups in total. The predicted octanol–water partition coefficient (Wildman–Crippen LogP) is 1.58. The number of thioether (sulfide) groups is 1. The van der Waals surface area contributed by atoms with Gasteiger partial charge in [0.2, 0.25) is 0 Å². The molecule has 0 saturated carbocycles. The number of nitrogens with two attached hydrogens (primary N) is 1. The van der Waals surface area contributed by atoms with E-state index in [2.05, 4.69) is 0 Å². The first-order valence-electron chi connectivity index (χ1n) is 4.80. The van der Waals surface area contributed by atoms with E-state index in [9.17, 15) is 0 Å². The topological polar surface area (TPSA) is 70.1 Å². The molecule has 0 bridgehead atoms. The van der Waals surface area contributed by atoms with Gasteiger partial charge in [0.15, 0.2) is 0 Å². The van der Waals surface area contributed by atoms with E-state index in [0.29, 0.717) is 0 Å². The smallest absolute Gasteiger partial charge is 0.123 e. The second kappa shape index (κ2) is 5.78. The maximum Gasteiger partial charge on any atom is 0.123 e. The molecule has 0 aliphatic heterocycles. The number of aliphatic hydroxyl groups is 1. The maximum atomic E-state index is 8.90. The van der Waals surface area contributed by atoms with Crippen LogP contribution in [0.4, 0.5) is 0 Å². The number of nitrogen functional groups attached to an aromatic ring is 1. The van der Waals surface area contributed by atoms with Crippen LogP contribution >= 0.6 is 11.8 Å². The maximum absolute atomic E-state index is 8.90. The number of amidine groups is 1. The first kappa shape index (κ1) is 12.1. The Morgan fingerprint density at radius 2 is 2.20 bits per heavy atom. The van der Waals surface area contributed by atoms with Gasteiger partial charge in [-0.2, -0.15) is 11.8 Å². The summed E-state index contributed by atoms with van der Waals surface area (Å²) in [5.41, 5.74) is 7.32. The summed E-state index contributed by atoms with van der Waals surface area (Å²) in [6.45, 7) is 2.15. The molecule has 1 aromatic rings. The van der Waals surface area contributed by atoms with Crippen molar-refractivity contribution in [3.8, 4) is 0 Å². The van der Waals surface area contributed by atoms with Crippen molar-refractivity contribution in [1.82, 2.24) is 0 Å². The van der Waals surface area contributed by atoms with E-state index in [1.165, 1.54) is 0 Å². The van der Waals surface area contributed by atoms with Crippen molar-refractivity contribution in [2.24, 2.45) is 5.73 Å². The van der Waals surface area contributed by atoms with Gasteiger partial charge in [0, 0.05) is 16.6 Å². The highest BCUT2D eigenvalue weighted by atomic mass is 32.2. The van der Waals surface area contributed by atoms with Crippen LogP contribution in [0.2, 0.25) is 0 Å². The Morgan fingerprint density at radius 1 is 1.53 bits per heavy atom. The Balaban J connectivity index is 2.72. The Kier molecular flexibility index (Phi) is 4.65. The zero-order valence-electron chi connectivity index (χ0n) is 8.73. The lowest BCUT2D eigenvalue weighted by Gasteiger charge is -2.10. The monoisotopic (exact) mass is 224 g/mol. The number of benzene rings is 1. The van der Waals surface area contributed by atoms with Gasteiger partial charge in [-0.3, -0.25) is 5.41 Å². The van der Waals surface area contributed by atoms with E-state index in [1.807, 2.05) is 31.2 Å². The molecule has 1 unspecified atom stereocenters. The molecule has 0 aliphatic rings. The van der Waals surface area contributed by atoms with Gasteiger partial charge in [-0.1, -0.05) is 31.2 Å². The molecule has 0 amide bonds. The summed E-state index contributed by atoms with van der Waals surface area (Å²) in [5, 5.41) is 16.5. The van der Waals surface area contributed by atoms with E-state index in [4.69, 9.17) is 16.2 Å². The van der Waals surface area contributed by atoms with Crippen molar-refractivity contribution in [3.05, 3.63) is 35.4 Å². The van der Waals surface area contributed by atoms with Gasteiger partial charge in [-0.05, 0) is 5.56 Å². The number of nitrogens with one attached hydrogen (secondary N) is 1. The first-order chi connectivity index (χ1) is 7.15. The standard InChI is InChI=1S/C11H16N2OS/c1-8(6-14)15-7-9-4-2-3-5-10(9)11(12)13/h2-5,8,14H,6-7H2,1H3,(H3,12,13). The van der Waals surface area contributed by atoms with Crippen molar-refractivity contribution in [2.75, 3.05) is 6.61 Å². The molecule has 82 valence electrons. The molecule has 1 aromatic carbocycles. The van der Waals surface area contributed by atoms with Crippen molar-refractivity contribution >= 4 is 17.6 Å². The van der Waals surface area contributed by atoms with Crippen LogP contribution in [-0.4, -0.2) is 22.8 Å². The average Bonchev–Trinajstić information content (AvgIpc) is 2.26. The third-order valence-electron chi connectivity index (χ3n) is 2.09. The SMILES string of the molecule is CC(CO)SCc1ccccc1C(=N)N. The summed E-state index contributed by atoms with van der Waals surface area (Å²) >= 11 is 1.66. The van der Waals surface area contributed by atoms with Gasteiger partial charge in [0.25, 0.3) is 0 Å². The minimum absolute atomic E-state index is 0.0999. The van der Waals surface area contributed by atoms with Gasteiger partial charge in [-0.15, -0.1) is 0 Å². The van der Waals surface area contributed by atoms with Gasteiger partial charge < -0.3 is 10.8 Å². The van der Waals surface area contributed by atoms with Crippen molar-refractivity contribution in [1.29, 1.82) is 5.41 Å². The van der Waals surface area contributed by atoms with Crippen LogP contribution in [0.15, 0.2) is 24.3 Å². The minimum Gasteiger partial charge on any atom is -0.395 e. The molecule has 0 aliphatic carbocycles. The third kappa shape index (κ3) is 3.57. The molecule has 3 nitrogen and oxygen atoms in total. The minimum atomic E-state index is 0.0999. The van der Waals surface area contributed by atoms with E-state index >= 15 is 0 Å². The highest BCUT2D eigenvalue weighted by molar-refractivity contribution is 7.99. The molecule has 0 fully saturated rings. The number of rotatable bonds is 5. The lowest BCUT2D eigenvalue weighted by Crippen LogP contribution is -2.13. The van der Waals surface area contributed by atoms with E-state index < -0.39 is 0 Å². The molecule has 1 atom stereocenters. The fourth-order valence-electron chi connectivity index (χ4n) is 1.19. The Hall–Kier alpha value is -1.00. The summed E-state index contributed by atoms with van der Waals surface area (Å²) in [7, 11) is 0. The summed E-state index contributed by atoms with van der Waals surface area (Å²) in [4.78, 5) is 0. The molecule has 0 spiro atoms. The average molecular weight is 224 g/mol. The normalized spacial score (nSPS) is 12.4. The molecule has 15 heavy (non-hydrogen) atoms. The van der Waals surface area contributed by atoms with Crippen molar-refractivity contribution in [2.45, 2.75) is 17.9 Å². The number of hydrogen-bond acceptors (Lipinski definition) is 3. The molecule has 0 radical (unpaired) electrons.